The molecule has 38 heavy (non-hydrogen) atoms. The number of nitrogens with zero attached hydrogens (tertiary/aromatic N) is 3. The van der Waals surface area contributed by atoms with E-state index in [2.05, 4.69) is 25.4 Å². The van der Waals surface area contributed by atoms with Gasteiger partial charge in [-0.1, -0.05) is 23.7 Å². The molecule has 10 heteroatoms. The summed E-state index contributed by atoms with van der Waals surface area (Å²) in [5, 5.41) is 20.5. The molecule has 1 aliphatic carbocycles. The Bertz CT molecular complexity index is 1340. The quantitative estimate of drug-likeness (QED) is 0.320. The van der Waals surface area contributed by atoms with Gasteiger partial charge in [-0.15, -0.1) is 0 Å². The molecule has 2 aromatic heterocycles. The van der Waals surface area contributed by atoms with Gasteiger partial charge in [0.25, 0.3) is 0 Å². The van der Waals surface area contributed by atoms with Crippen molar-refractivity contribution in [3.8, 4) is 0 Å². The summed E-state index contributed by atoms with van der Waals surface area (Å²) in [4.78, 5) is 19.4. The van der Waals surface area contributed by atoms with Crippen LogP contribution in [0.3, 0.4) is 0 Å². The number of hydrogen-bond donors (Lipinski definition) is 3. The maximum Gasteiger partial charge on any atom is 0.310 e. The van der Waals surface area contributed by atoms with Crippen molar-refractivity contribution in [3.63, 3.8) is 0 Å². The van der Waals surface area contributed by atoms with Crippen molar-refractivity contribution in [1.29, 1.82) is 0 Å². The van der Waals surface area contributed by atoms with Crippen molar-refractivity contribution in [2.24, 2.45) is 5.41 Å². The third-order valence-electron chi connectivity index (χ3n) is 8.33. The van der Waals surface area contributed by atoms with Crippen molar-refractivity contribution in [1.82, 2.24) is 20.1 Å². The van der Waals surface area contributed by atoms with E-state index in [1.165, 1.54) is 12.1 Å². The number of aryl methyl sites for hydroxylation is 1. The van der Waals surface area contributed by atoms with E-state index in [-0.39, 0.29) is 34.5 Å². The number of carbonyl (C=O) groups is 1. The Labute approximate surface area is 225 Å². The van der Waals surface area contributed by atoms with Crippen molar-refractivity contribution in [3.05, 3.63) is 70.0 Å². The third-order valence-corrected chi connectivity index (χ3v) is 8.63. The Balaban J connectivity index is 1.35. The lowest BCUT2D eigenvalue weighted by molar-refractivity contribution is -0.157. The highest BCUT2D eigenvalue weighted by Crippen LogP contribution is 2.48. The van der Waals surface area contributed by atoms with E-state index in [1.807, 2.05) is 13.8 Å². The van der Waals surface area contributed by atoms with Gasteiger partial charge in [0.1, 0.15) is 17.5 Å². The zero-order valence-corrected chi connectivity index (χ0v) is 22.3. The molecule has 0 radical (unpaired) electrons. The first-order chi connectivity index (χ1) is 18.1. The predicted octanol–water partition coefficient (Wildman–Crippen LogP) is 6.05. The van der Waals surface area contributed by atoms with E-state index in [9.17, 15) is 18.7 Å². The Morgan fingerprint density at radius 3 is 2.63 bits per heavy atom. The van der Waals surface area contributed by atoms with E-state index in [1.54, 1.807) is 24.3 Å². The molecule has 3 aromatic rings. The first kappa shape index (κ1) is 26.6. The van der Waals surface area contributed by atoms with E-state index < -0.39 is 17.2 Å². The minimum Gasteiger partial charge on any atom is -0.481 e. The lowest BCUT2D eigenvalue weighted by atomic mass is 9.66. The minimum atomic E-state index is -1.16. The number of anilines is 2. The van der Waals surface area contributed by atoms with Gasteiger partial charge < -0.3 is 10.4 Å². The molecule has 2 atom stereocenters. The Kier molecular flexibility index (Phi) is 7.17. The number of H-pyrrole nitrogens is 1. The summed E-state index contributed by atoms with van der Waals surface area (Å²) in [7, 11) is 0. The van der Waals surface area contributed by atoms with Crippen LogP contribution in [0.5, 0.6) is 0 Å². The van der Waals surface area contributed by atoms with Crippen LogP contribution in [0.1, 0.15) is 56.0 Å². The van der Waals surface area contributed by atoms with Crippen LogP contribution in [-0.2, 0) is 17.6 Å². The number of aromatic amines is 1. The molecule has 3 N–H and O–H groups in total. The fraction of sp³-hybridized carbons (Fsp3) is 0.464. The highest BCUT2D eigenvalue weighted by Gasteiger charge is 2.52. The number of piperidine rings is 1. The molecule has 1 saturated heterocycles. The Morgan fingerprint density at radius 2 is 2.00 bits per heavy atom. The number of benzene rings is 1. The molecule has 1 aliphatic heterocycles. The average molecular weight is 544 g/mol. The molecular weight excluding hydrogens is 512 g/mol. The smallest absolute Gasteiger partial charge is 0.310 e. The predicted molar refractivity (Wildman–Crippen MR) is 142 cm³/mol. The summed E-state index contributed by atoms with van der Waals surface area (Å²) in [6, 6.07) is 9.62. The first-order valence-corrected chi connectivity index (χ1v) is 13.4. The van der Waals surface area contributed by atoms with Crippen LogP contribution in [0.2, 0.25) is 5.02 Å². The van der Waals surface area contributed by atoms with Gasteiger partial charge >= 0.3 is 5.97 Å². The fourth-order valence-electron chi connectivity index (χ4n) is 6.27. The van der Waals surface area contributed by atoms with Gasteiger partial charge in [0.2, 0.25) is 0 Å². The standard InChI is InChI=1S/C28H32ClF2N5O2/c1-17-13-24(35-34-17)33-23-8-7-21(30)22(32-23)16-27(26(37)38)11-12-36(18(2)14-27)28(9-4-10-28)15-19-5-3-6-20(29)25(19)31/h3,5-8,13,18H,4,9-12,14-16H2,1-2H3,(H,37,38)(H2,32,33,34,35)/t18-,27?/m1/s1. The molecule has 0 amide bonds. The SMILES string of the molecule is Cc1cc(Nc2ccc(F)c(CC3(C(=O)O)CCN(C4(Cc5cccc(Cl)c5F)CCC4)[C@H](C)C3)n2)n[nH]1. The fourth-order valence-corrected chi connectivity index (χ4v) is 6.46. The van der Waals surface area contributed by atoms with Crippen LogP contribution in [0, 0.1) is 24.0 Å². The highest BCUT2D eigenvalue weighted by molar-refractivity contribution is 6.30. The zero-order valence-electron chi connectivity index (χ0n) is 21.5. The van der Waals surface area contributed by atoms with Crippen LogP contribution in [0.15, 0.2) is 36.4 Å². The molecule has 1 aromatic carbocycles. The molecule has 202 valence electrons. The van der Waals surface area contributed by atoms with Gasteiger partial charge in [-0.05, 0) is 76.1 Å². The van der Waals surface area contributed by atoms with Gasteiger partial charge in [-0.2, -0.15) is 5.10 Å². The number of hydrogen-bond acceptors (Lipinski definition) is 5. The van der Waals surface area contributed by atoms with Crippen LogP contribution in [-0.4, -0.2) is 49.3 Å². The largest absolute Gasteiger partial charge is 0.481 e. The molecule has 2 aliphatic rings. The normalized spacial score (nSPS) is 23.1. The average Bonchev–Trinajstić information content (AvgIpc) is 3.26. The van der Waals surface area contributed by atoms with Gasteiger partial charge in [-0.25, -0.2) is 13.8 Å². The molecule has 0 spiro atoms. The van der Waals surface area contributed by atoms with Crippen molar-refractivity contribution in [2.75, 3.05) is 11.9 Å². The third kappa shape index (κ3) is 5.01. The van der Waals surface area contributed by atoms with E-state index in [4.69, 9.17) is 11.6 Å². The molecule has 1 saturated carbocycles. The summed E-state index contributed by atoms with van der Waals surface area (Å²) >= 11 is 6.04. The van der Waals surface area contributed by atoms with Crippen LogP contribution >= 0.6 is 11.6 Å². The van der Waals surface area contributed by atoms with Crippen LogP contribution < -0.4 is 5.32 Å². The number of likely N-dealkylation sites (tertiary alicyclic amines) is 1. The van der Waals surface area contributed by atoms with Crippen molar-refractivity contribution in [2.45, 2.75) is 70.4 Å². The van der Waals surface area contributed by atoms with Gasteiger partial charge in [0.15, 0.2) is 5.82 Å². The van der Waals surface area contributed by atoms with Crippen molar-refractivity contribution < 1.29 is 18.7 Å². The summed E-state index contributed by atoms with van der Waals surface area (Å²) in [6.07, 6.45) is 4.08. The molecule has 1 unspecified atom stereocenters. The van der Waals surface area contributed by atoms with Gasteiger partial charge in [0, 0.05) is 36.3 Å². The molecule has 7 nitrogen and oxygen atoms in total. The Morgan fingerprint density at radius 1 is 1.21 bits per heavy atom. The monoisotopic (exact) mass is 543 g/mol. The molecule has 3 heterocycles. The number of aliphatic carboxylic acids is 1. The lowest BCUT2D eigenvalue weighted by Crippen LogP contribution is -2.63. The second-order valence-electron chi connectivity index (χ2n) is 10.9. The zero-order chi connectivity index (χ0) is 27.1. The lowest BCUT2D eigenvalue weighted by Gasteiger charge is -2.57. The number of carboxylic acids is 1. The number of halogens is 3. The van der Waals surface area contributed by atoms with Crippen molar-refractivity contribution >= 4 is 29.2 Å². The van der Waals surface area contributed by atoms with Gasteiger partial charge in [-0.3, -0.25) is 14.8 Å². The van der Waals surface area contributed by atoms with Crippen LogP contribution in [0.4, 0.5) is 20.4 Å². The minimum absolute atomic E-state index is 0.0165. The molecule has 2 fully saturated rings. The molecular formula is C28H32ClF2N5O2. The summed E-state index contributed by atoms with van der Waals surface area (Å²) < 4.78 is 29.6. The summed E-state index contributed by atoms with van der Waals surface area (Å²) in [6.45, 7) is 4.42. The summed E-state index contributed by atoms with van der Waals surface area (Å²) in [5.41, 5.74) is 0.178. The first-order valence-electron chi connectivity index (χ1n) is 13.0. The number of nitrogens with one attached hydrogen (secondary N) is 2. The van der Waals surface area contributed by atoms with E-state index in [0.29, 0.717) is 43.0 Å². The maximum absolute atomic E-state index is 14.9. The van der Waals surface area contributed by atoms with E-state index in [0.717, 1.165) is 25.0 Å². The highest BCUT2D eigenvalue weighted by atomic mass is 35.5. The van der Waals surface area contributed by atoms with Crippen LogP contribution in [0.25, 0.3) is 0 Å². The maximum atomic E-state index is 14.9. The number of pyridine rings is 1. The number of carboxylic acid groups (broad SMARTS) is 1. The second-order valence-corrected chi connectivity index (χ2v) is 11.3. The second kappa shape index (κ2) is 10.3. The number of rotatable bonds is 8. The molecule has 0 bridgehead atoms. The topological polar surface area (TPSA) is 94.1 Å². The van der Waals surface area contributed by atoms with E-state index >= 15 is 0 Å². The van der Waals surface area contributed by atoms with Gasteiger partial charge in [0.05, 0.1) is 16.1 Å². The molecule has 5 rings (SSSR count). The summed E-state index contributed by atoms with van der Waals surface area (Å²) in [5.74, 6) is -0.920. The Hall–Kier alpha value is -3.04. The number of aromatic nitrogens is 3.